The minimum absolute atomic E-state index is 0.0888. The molecule has 3 saturated heterocycles. The van der Waals surface area contributed by atoms with Crippen molar-refractivity contribution in [1.82, 2.24) is 4.90 Å². The number of hydrogen-bond donors (Lipinski definition) is 5. The van der Waals surface area contributed by atoms with E-state index < -0.39 is 99.9 Å². The number of nitrogens with zero attached hydrogens (tertiary/aromatic N) is 1. The molecule has 0 aromatic heterocycles. The first kappa shape index (κ1) is 35.1. The summed E-state index contributed by atoms with van der Waals surface area (Å²) in [6.07, 6.45) is -0.884. The van der Waals surface area contributed by atoms with Gasteiger partial charge >= 0.3 is 11.9 Å². The number of fused-ring (bicyclic) bond motifs is 5. The van der Waals surface area contributed by atoms with Crippen LogP contribution in [0.2, 0.25) is 0 Å². The summed E-state index contributed by atoms with van der Waals surface area (Å²) in [5, 5.41) is 62.8. The summed E-state index contributed by atoms with van der Waals surface area (Å²) in [7, 11) is 0. The van der Waals surface area contributed by atoms with E-state index in [1.165, 1.54) is 0 Å². The second-order valence-corrected chi connectivity index (χ2v) is 17.7. The third kappa shape index (κ3) is 4.36. The van der Waals surface area contributed by atoms with Crippen LogP contribution in [0.5, 0.6) is 0 Å². The van der Waals surface area contributed by atoms with Gasteiger partial charge in [0.05, 0.1) is 35.2 Å². The molecule has 5 N–H and O–H groups in total. The number of carbonyl (C=O) groups is 2. The Morgan fingerprint density at radius 2 is 1.60 bits per heavy atom. The summed E-state index contributed by atoms with van der Waals surface area (Å²) in [6.45, 7) is 14.7. The third-order valence-electron chi connectivity index (χ3n) is 15.3. The van der Waals surface area contributed by atoms with Crippen molar-refractivity contribution in [3.8, 4) is 0 Å². The molecule has 11 heteroatoms. The summed E-state index contributed by atoms with van der Waals surface area (Å²) in [4.78, 5) is 28.8. The number of ether oxygens (including phenoxy) is 3. The summed E-state index contributed by atoms with van der Waals surface area (Å²) in [5.41, 5.74) is -5.25. The molecule has 272 valence electrons. The molecule has 0 unspecified atom stereocenters. The van der Waals surface area contributed by atoms with Gasteiger partial charge in [-0.1, -0.05) is 41.5 Å². The molecule has 0 aromatic rings. The fourth-order valence-electron chi connectivity index (χ4n) is 12.5. The van der Waals surface area contributed by atoms with Crippen molar-refractivity contribution in [2.45, 2.75) is 153 Å². The summed E-state index contributed by atoms with van der Waals surface area (Å²) in [5.74, 6) is -6.60. The van der Waals surface area contributed by atoms with E-state index in [1.807, 2.05) is 13.8 Å². The Hall–Kier alpha value is -1.34. The fraction of sp³-hybridized carbons (Fsp3) is 0.946. The van der Waals surface area contributed by atoms with Crippen LogP contribution in [0.4, 0.5) is 0 Å². The molecule has 7 aliphatic rings. The van der Waals surface area contributed by atoms with Crippen LogP contribution in [0.3, 0.4) is 0 Å². The molecule has 0 aromatic carbocycles. The van der Waals surface area contributed by atoms with E-state index in [0.29, 0.717) is 38.1 Å². The maximum absolute atomic E-state index is 13.5. The van der Waals surface area contributed by atoms with Crippen LogP contribution < -0.4 is 0 Å². The van der Waals surface area contributed by atoms with E-state index in [2.05, 4.69) is 18.7 Å². The smallest absolute Gasteiger partial charge is 0.309 e. The van der Waals surface area contributed by atoms with Gasteiger partial charge in [0.15, 0.2) is 12.2 Å². The maximum Gasteiger partial charge on any atom is 0.309 e. The molecular weight excluding hydrogens is 618 g/mol. The molecular formula is C37H59NO10. The molecule has 3 aliphatic heterocycles. The number of aliphatic hydroxyl groups excluding tert-OH is 2. The molecule has 0 radical (unpaired) electrons. The Labute approximate surface area is 284 Å². The van der Waals surface area contributed by atoms with Gasteiger partial charge in [-0.3, -0.25) is 14.5 Å². The molecule has 0 amide bonds. The zero-order valence-electron chi connectivity index (χ0n) is 29.8. The van der Waals surface area contributed by atoms with Crippen LogP contribution in [0, 0.1) is 52.8 Å². The average Bonchev–Trinajstić information content (AvgIpc) is 3.31. The predicted octanol–water partition coefficient (Wildman–Crippen LogP) is 2.38. The quantitative estimate of drug-likeness (QED) is 0.262. The Kier molecular flexibility index (Phi) is 8.28. The molecule has 4 bridgehead atoms. The van der Waals surface area contributed by atoms with Gasteiger partial charge in [0.2, 0.25) is 5.79 Å². The minimum atomic E-state index is -1.92. The van der Waals surface area contributed by atoms with Gasteiger partial charge in [-0.05, 0) is 76.0 Å². The number of piperidine rings is 2. The second kappa shape index (κ2) is 11.3. The number of rotatable bonds is 6. The fourth-order valence-corrected chi connectivity index (χ4v) is 12.5. The van der Waals surface area contributed by atoms with Gasteiger partial charge in [-0.2, -0.15) is 0 Å². The first-order valence-electron chi connectivity index (χ1n) is 18.8. The number of hydrogen-bond acceptors (Lipinski definition) is 11. The topological polar surface area (TPSA) is 166 Å². The van der Waals surface area contributed by atoms with Gasteiger partial charge in [0.1, 0.15) is 5.60 Å². The lowest BCUT2D eigenvalue weighted by molar-refractivity contribution is -0.300. The SMILES string of the molecule is CC[C@@H](C)C(=O)O[C@H]1CC[C@@]2(C)[C@@H]3C[C@H](O)[C@H]4[C@@]5(O)[C@@H](C[C@@]42O[C@]13O)[C@@H]1CN2C[C@@H](C)CC[C@H]2[C@@](C)(O)[C@H]1[C@@H](O)[C@@H]5OC(=O)[C@H](C)CC. The highest BCUT2D eigenvalue weighted by molar-refractivity contribution is 5.72. The Morgan fingerprint density at radius 3 is 2.25 bits per heavy atom. The zero-order valence-corrected chi connectivity index (χ0v) is 29.8. The van der Waals surface area contributed by atoms with Crippen LogP contribution in [0.1, 0.15) is 99.8 Å². The van der Waals surface area contributed by atoms with E-state index in [-0.39, 0.29) is 24.8 Å². The van der Waals surface area contributed by atoms with E-state index in [0.717, 1.165) is 19.4 Å². The second-order valence-electron chi connectivity index (χ2n) is 17.7. The molecule has 3 heterocycles. The lowest BCUT2D eigenvalue weighted by atomic mass is 9.49. The van der Waals surface area contributed by atoms with E-state index >= 15 is 0 Å². The first-order valence-corrected chi connectivity index (χ1v) is 18.8. The van der Waals surface area contributed by atoms with Gasteiger partial charge in [-0.15, -0.1) is 0 Å². The van der Waals surface area contributed by atoms with Crippen LogP contribution >= 0.6 is 0 Å². The molecule has 48 heavy (non-hydrogen) atoms. The first-order chi connectivity index (χ1) is 22.4. The highest BCUT2D eigenvalue weighted by Gasteiger charge is 2.87. The van der Waals surface area contributed by atoms with Crippen molar-refractivity contribution in [2.24, 2.45) is 52.8 Å². The highest BCUT2D eigenvalue weighted by atomic mass is 16.7. The predicted molar refractivity (Wildman–Crippen MR) is 173 cm³/mol. The standard InChI is InChI=1S/C37H59NO10/c1-8-19(4)31(41)46-26-12-13-33(6)24-14-23(39)29-35(33,48-37(24,26)45)15-22-21-17-38-16-18(3)10-11-25(38)34(7,43)27(21)28(40)30(36(22,29)44)47-32(42)20(5)9-2/h18-30,39-40,43-45H,8-17H2,1-7H3/t18-,19+,20+,21-,22-,23-,24-,25-,26-,27+,28+,29+,30-,33-,34+,35+,36-,37-/m0/s1. The van der Waals surface area contributed by atoms with Gasteiger partial charge in [-0.25, -0.2) is 0 Å². The Balaban J connectivity index is 1.35. The molecule has 4 saturated carbocycles. The van der Waals surface area contributed by atoms with Crippen molar-refractivity contribution >= 4 is 11.9 Å². The summed E-state index contributed by atoms with van der Waals surface area (Å²) in [6, 6.07) is -0.195. The maximum atomic E-state index is 13.5. The monoisotopic (exact) mass is 677 g/mol. The van der Waals surface area contributed by atoms with Crippen LogP contribution in [0.15, 0.2) is 0 Å². The number of aliphatic hydroxyl groups is 5. The molecule has 18 atom stereocenters. The highest BCUT2D eigenvalue weighted by Crippen LogP contribution is 2.77. The van der Waals surface area contributed by atoms with Crippen molar-refractivity contribution in [3.05, 3.63) is 0 Å². The van der Waals surface area contributed by atoms with Crippen LogP contribution in [-0.2, 0) is 23.8 Å². The van der Waals surface area contributed by atoms with E-state index in [9.17, 15) is 35.1 Å². The Morgan fingerprint density at radius 1 is 0.958 bits per heavy atom. The molecule has 7 rings (SSSR count). The van der Waals surface area contributed by atoms with Crippen LogP contribution in [-0.4, -0.2) is 109 Å². The molecule has 11 nitrogen and oxygen atoms in total. The average molecular weight is 678 g/mol. The largest absolute Gasteiger partial charge is 0.456 e. The lowest BCUT2D eigenvalue weighted by Gasteiger charge is -2.64. The Bertz CT molecular complexity index is 1310. The van der Waals surface area contributed by atoms with Crippen LogP contribution in [0.25, 0.3) is 0 Å². The van der Waals surface area contributed by atoms with Crippen molar-refractivity contribution in [3.63, 3.8) is 0 Å². The number of carbonyl (C=O) groups excluding carboxylic acids is 2. The van der Waals surface area contributed by atoms with E-state index in [1.54, 1.807) is 20.8 Å². The van der Waals surface area contributed by atoms with Gasteiger partial charge in [0, 0.05) is 42.3 Å². The van der Waals surface area contributed by atoms with E-state index in [4.69, 9.17) is 14.2 Å². The van der Waals surface area contributed by atoms with Crippen molar-refractivity contribution in [1.29, 1.82) is 0 Å². The summed E-state index contributed by atoms with van der Waals surface area (Å²) >= 11 is 0. The molecule has 1 spiro atoms. The third-order valence-corrected chi connectivity index (χ3v) is 15.3. The molecule has 7 fully saturated rings. The zero-order chi connectivity index (χ0) is 34.9. The van der Waals surface area contributed by atoms with Gasteiger partial charge in [0.25, 0.3) is 0 Å². The minimum Gasteiger partial charge on any atom is -0.456 e. The lowest BCUT2D eigenvalue weighted by Crippen LogP contribution is -2.77. The van der Waals surface area contributed by atoms with Crippen molar-refractivity contribution in [2.75, 3.05) is 13.1 Å². The molecule has 4 aliphatic carbocycles. The number of esters is 2. The normalized spacial score (nSPS) is 55.0. The van der Waals surface area contributed by atoms with Gasteiger partial charge < -0.3 is 39.7 Å². The summed E-state index contributed by atoms with van der Waals surface area (Å²) < 4.78 is 19.1. The van der Waals surface area contributed by atoms with Crippen molar-refractivity contribution < 1.29 is 49.3 Å².